The van der Waals surface area contributed by atoms with E-state index in [9.17, 15) is 19.5 Å². The first-order chi connectivity index (χ1) is 14.2. The number of carbonyl (C=O) groups excluding carboxylic acids is 3. The molecule has 9 heteroatoms. The zero-order chi connectivity index (χ0) is 24.0. The molecule has 0 radical (unpaired) electrons. The number of ether oxygens (including phenoxy) is 1. The van der Waals surface area contributed by atoms with E-state index in [2.05, 4.69) is 44.2 Å². The van der Waals surface area contributed by atoms with Gasteiger partial charge in [0, 0.05) is 12.8 Å². The summed E-state index contributed by atoms with van der Waals surface area (Å²) >= 11 is 0. The Bertz CT molecular complexity index is 804. The minimum atomic E-state index is -2.01. The summed E-state index contributed by atoms with van der Waals surface area (Å²) in [6, 6.07) is 0.518. The predicted molar refractivity (Wildman–Crippen MR) is 120 cm³/mol. The molecule has 0 saturated carbocycles. The van der Waals surface area contributed by atoms with Gasteiger partial charge in [-0.05, 0) is 50.0 Å². The SMILES string of the molecule is CCC(CO[Si](C)(C)C(C)(C)C)C(=O)OCC(NC(=O)c1nccc(C)c1O)C(C)=O. The van der Waals surface area contributed by atoms with E-state index in [0.29, 0.717) is 12.0 Å². The molecule has 0 fully saturated rings. The molecule has 0 spiro atoms. The molecule has 2 N–H and O–H groups in total. The lowest BCUT2D eigenvalue weighted by Crippen LogP contribution is -2.45. The summed E-state index contributed by atoms with van der Waals surface area (Å²) in [4.78, 5) is 40.8. The number of hydrogen-bond donors (Lipinski definition) is 2. The molecule has 1 rings (SSSR count). The molecule has 1 heterocycles. The maximum absolute atomic E-state index is 12.6. The van der Waals surface area contributed by atoms with Gasteiger partial charge in [-0.15, -0.1) is 0 Å². The van der Waals surface area contributed by atoms with Crippen LogP contribution in [0.4, 0.5) is 0 Å². The van der Waals surface area contributed by atoms with Gasteiger partial charge in [-0.1, -0.05) is 27.7 Å². The van der Waals surface area contributed by atoms with E-state index in [1.807, 2.05) is 6.92 Å². The van der Waals surface area contributed by atoms with E-state index < -0.39 is 32.2 Å². The molecule has 0 saturated heterocycles. The largest absolute Gasteiger partial charge is 0.505 e. The van der Waals surface area contributed by atoms with Gasteiger partial charge in [-0.2, -0.15) is 0 Å². The molecule has 1 aromatic heterocycles. The van der Waals surface area contributed by atoms with Crippen molar-refractivity contribution in [3.8, 4) is 5.75 Å². The third-order valence-electron chi connectivity index (χ3n) is 5.81. The van der Waals surface area contributed by atoms with Gasteiger partial charge in [-0.25, -0.2) is 4.98 Å². The van der Waals surface area contributed by atoms with Gasteiger partial charge in [0.2, 0.25) is 0 Å². The highest BCUT2D eigenvalue weighted by atomic mass is 28.4. The average Bonchev–Trinajstić information content (AvgIpc) is 2.66. The van der Waals surface area contributed by atoms with Crippen molar-refractivity contribution in [3.63, 3.8) is 0 Å². The Morgan fingerprint density at radius 1 is 1.23 bits per heavy atom. The molecule has 8 nitrogen and oxygen atoms in total. The third-order valence-corrected chi connectivity index (χ3v) is 10.3. The number of nitrogens with one attached hydrogen (secondary N) is 1. The highest BCUT2D eigenvalue weighted by molar-refractivity contribution is 6.74. The summed E-state index contributed by atoms with van der Waals surface area (Å²) in [5.74, 6) is -2.28. The van der Waals surface area contributed by atoms with Crippen molar-refractivity contribution in [2.24, 2.45) is 5.92 Å². The summed E-state index contributed by atoms with van der Waals surface area (Å²) in [7, 11) is -2.01. The fourth-order valence-corrected chi connectivity index (χ4v) is 3.42. The van der Waals surface area contributed by atoms with Crippen molar-refractivity contribution in [2.45, 2.75) is 72.1 Å². The Kier molecular flexibility index (Phi) is 9.38. The van der Waals surface area contributed by atoms with Crippen LogP contribution in [0.5, 0.6) is 5.75 Å². The molecular formula is C22H36N2O6Si. The fraction of sp³-hybridized carbons (Fsp3) is 0.636. The first-order valence-corrected chi connectivity index (χ1v) is 13.4. The van der Waals surface area contributed by atoms with Crippen LogP contribution in [0, 0.1) is 12.8 Å². The smallest absolute Gasteiger partial charge is 0.311 e. The highest BCUT2D eigenvalue weighted by Crippen LogP contribution is 2.36. The lowest BCUT2D eigenvalue weighted by molar-refractivity contribution is -0.151. The number of amides is 1. The zero-order valence-corrected chi connectivity index (χ0v) is 20.9. The number of aromatic hydroxyl groups is 1. The molecule has 1 aromatic rings. The second kappa shape index (κ2) is 10.9. The van der Waals surface area contributed by atoms with Gasteiger partial charge >= 0.3 is 5.97 Å². The quantitative estimate of drug-likeness (QED) is 0.413. The molecule has 2 unspecified atom stereocenters. The van der Waals surface area contributed by atoms with E-state index in [0.717, 1.165) is 0 Å². The van der Waals surface area contributed by atoms with Crippen molar-refractivity contribution >= 4 is 26.0 Å². The summed E-state index contributed by atoms with van der Waals surface area (Å²) in [6.07, 6.45) is 1.92. The number of aromatic nitrogens is 1. The molecular weight excluding hydrogens is 416 g/mol. The number of Topliss-reactive ketones (excluding diaryl/α,β-unsaturated/α-hetero) is 1. The number of carbonyl (C=O) groups is 3. The van der Waals surface area contributed by atoms with Crippen LogP contribution in [-0.2, 0) is 18.8 Å². The van der Waals surface area contributed by atoms with Crippen LogP contribution in [0.3, 0.4) is 0 Å². The topological polar surface area (TPSA) is 115 Å². The van der Waals surface area contributed by atoms with E-state index in [4.69, 9.17) is 9.16 Å². The third kappa shape index (κ3) is 7.43. The maximum atomic E-state index is 12.6. The summed E-state index contributed by atoms with van der Waals surface area (Å²) in [6.45, 7) is 15.3. The summed E-state index contributed by atoms with van der Waals surface area (Å²) in [5.41, 5.74) is 0.297. The Hall–Kier alpha value is -2.26. The molecule has 0 aliphatic heterocycles. The molecule has 31 heavy (non-hydrogen) atoms. The molecule has 174 valence electrons. The molecule has 1 amide bonds. The Balaban J connectivity index is 2.75. The lowest BCUT2D eigenvalue weighted by atomic mass is 10.1. The van der Waals surface area contributed by atoms with Crippen molar-refractivity contribution in [3.05, 3.63) is 23.5 Å². The Morgan fingerprint density at radius 3 is 2.35 bits per heavy atom. The normalized spacial score (nSPS) is 13.9. The molecule has 0 bridgehead atoms. The fourth-order valence-electron chi connectivity index (χ4n) is 2.37. The van der Waals surface area contributed by atoms with Gasteiger partial charge < -0.3 is 19.6 Å². The first-order valence-electron chi connectivity index (χ1n) is 10.5. The summed E-state index contributed by atoms with van der Waals surface area (Å²) in [5, 5.41) is 12.5. The van der Waals surface area contributed by atoms with Gasteiger partial charge in [0.25, 0.3) is 5.91 Å². The first kappa shape index (κ1) is 26.8. The number of rotatable bonds is 10. The van der Waals surface area contributed by atoms with Crippen LogP contribution in [0.25, 0.3) is 0 Å². The summed E-state index contributed by atoms with van der Waals surface area (Å²) < 4.78 is 11.5. The van der Waals surface area contributed by atoms with Crippen LogP contribution < -0.4 is 5.32 Å². The van der Waals surface area contributed by atoms with E-state index in [1.54, 1.807) is 13.0 Å². The standard InChI is InChI=1S/C22H36N2O6Si/c1-9-16(12-30-31(7,8)22(4,5)6)21(28)29-13-17(15(3)25)24-20(27)18-19(26)14(2)10-11-23-18/h10-11,16-17,26H,9,12-13H2,1-8H3,(H,24,27). The molecule has 0 aliphatic carbocycles. The average molecular weight is 453 g/mol. The van der Waals surface area contributed by atoms with Crippen LogP contribution >= 0.6 is 0 Å². The van der Waals surface area contributed by atoms with E-state index in [-0.39, 0.29) is 35.5 Å². The Labute approximate surface area is 185 Å². The van der Waals surface area contributed by atoms with Crippen molar-refractivity contribution in [1.29, 1.82) is 0 Å². The van der Waals surface area contributed by atoms with Crippen LogP contribution in [0.15, 0.2) is 12.3 Å². The minimum Gasteiger partial charge on any atom is -0.505 e. The van der Waals surface area contributed by atoms with E-state index in [1.165, 1.54) is 13.1 Å². The second-order valence-corrected chi connectivity index (χ2v) is 14.1. The van der Waals surface area contributed by atoms with Crippen LogP contribution in [0.1, 0.15) is 57.1 Å². The molecule has 2 atom stereocenters. The minimum absolute atomic E-state index is 0.0224. The highest BCUT2D eigenvalue weighted by Gasteiger charge is 2.38. The van der Waals surface area contributed by atoms with E-state index >= 15 is 0 Å². The van der Waals surface area contributed by atoms with Crippen LogP contribution in [0.2, 0.25) is 18.1 Å². The maximum Gasteiger partial charge on any atom is 0.311 e. The van der Waals surface area contributed by atoms with Crippen LogP contribution in [-0.4, -0.2) is 55.3 Å². The van der Waals surface area contributed by atoms with Gasteiger partial charge in [0.15, 0.2) is 19.8 Å². The monoisotopic (exact) mass is 452 g/mol. The van der Waals surface area contributed by atoms with Gasteiger partial charge in [-0.3, -0.25) is 14.4 Å². The van der Waals surface area contributed by atoms with Crippen molar-refractivity contribution in [2.75, 3.05) is 13.2 Å². The Morgan fingerprint density at radius 2 is 1.84 bits per heavy atom. The number of aryl methyl sites for hydroxylation is 1. The molecule has 0 aromatic carbocycles. The lowest BCUT2D eigenvalue weighted by Gasteiger charge is -2.37. The van der Waals surface area contributed by atoms with Gasteiger partial charge in [0.05, 0.1) is 5.92 Å². The van der Waals surface area contributed by atoms with Crippen molar-refractivity contribution < 1.29 is 28.7 Å². The zero-order valence-electron chi connectivity index (χ0n) is 19.9. The number of nitrogens with zero attached hydrogens (tertiary/aromatic N) is 1. The second-order valence-electron chi connectivity index (χ2n) is 9.27. The number of esters is 1. The predicted octanol–water partition coefficient (Wildman–Crippen LogP) is 3.37. The number of ketones is 1. The number of hydrogen-bond acceptors (Lipinski definition) is 7. The van der Waals surface area contributed by atoms with Gasteiger partial charge in [0.1, 0.15) is 18.4 Å². The van der Waals surface area contributed by atoms with Crippen molar-refractivity contribution in [1.82, 2.24) is 10.3 Å². The molecule has 0 aliphatic rings. The number of pyridine rings is 1.